The van der Waals surface area contributed by atoms with Crippen LogP contribution >= 0.6 is 0 Å². The summed E-state index contributed by atoms with van der Waals surface area (Å²) in [5.41, 5.74) is 0.525. The van der Waals surface area contributed by atoms with Gasteiger partial charge in [0.25, 0.3) is 0 Å². The molecule has 1 atom stereocenters. The Morgan fingerprint density at radius 3 is 1.61 bits per heavy atom. The predicted molar refractivity (Wildman–Crippen MR) is 99.1 cm³/mol. The van der Waals surface area contributed by atoms with E-state index in [2.05, 4.69) is 6.92 Å². The quantitative estimate of drug-likeness (QED) is 0.306. The van der Waals surface area contributed by atoms with Crippen LogP contribution in [0, 0.1) is 0 Å². The molecule has 0 rings (SSSR count). The molecule has 0 saturated carbocycles. The van der Waals surface area contributed by atoms with E-state index in [4.69, 9.17) is 22.1 Å². The molecule has 1 unspecified atom stereocenters. The van der Waals surface area contributed by atoms with Gasteiger partial charge in [0.05, 0.1) is 0 Å². The third-order valence-electron chi connectivity index (χ3n) is 3.61. The zero-order valence-corrected chi connectivity index (χ0v) is 18.2. The van der Waals surface area contributed by atoms with E-state index in [1.807, 2.05) is 34.6 Å². The van der Waals surface area contributed by atoms with Gasteiger partial charge in [0.2, 0.25) is 0 Å². The fraction of sp³-hybridized carbons (Fsp3) is 1.00. The molecular formula is C16H38O5Si2. The molecule has 0 aromatic heterocycles. The van der Waals surface area contributed by atoms with Gasteiger partial charge in [-0.15, -0.1) is 0 Å². The maximum absolute atomic E-state index is 5.90. The Morgan fingerprint density at radius 2 is 1.22 bits per heavy atom. The second-order valence-corrected chi connectivity index (χ2v) is 10.8. The molecule has 5 nitrogen and oxygen atoms in total. The van der Waals surface area contributed by atoms with Crippen LogP contribution in [0.25, 0.3) is 0 Å². The van der Waals surface area contributed by atoms with Gasteiger partial charge in [-0.2, -0.15) is 0 Å². The minimum absolute atomic E-state index is 0.525. The minimum Gasteiger partial charge on any atom is -0.397 e. The molecule has 23 heavy (non-hydrogen) atoms. The summed E-state index contributed by atoms with van der Waals surface area (Å²) in [7, 11) is -4.01. The van der Waals surface area contributed by atoms with Crippen molar-refractivity contribution in [3.8, 4) is 0 Å². The molecule has 0 aromatic rings. The van der Waals surface area contributed by atoms with Crippen molar-refractivity contribution in [3.05, 3.63) is 0 Å². The SMILES string of the molecule is CCO[SiH](OCC)C(C)CCCC[Si](OCC)(OCC)OCC. The summed E-state index contributed by atoms with van der Waals surface area (Å²) >= 11 is 0. The maximum Gasteiger partial charge on any atom is 0.500 e. The van der Waals surface area contributed by atoms with Crippen molar-refractivity contribution in [2.45, 2.75) is 72.4 Å². The van der Waals surface area contributed by atoms with Gasteiger partial charge in [-0.05, 0) is 53.0 Å². The van der Waals surface area contributed by atoms with Gasteiger partial charge in [-0.1, -0.05) is 13.3 Å². The summed E-state index contributed by atoms with van der Waals surface area (Å²) in [5.74, 6) is 0. The number of unbranched alkanes of at least 4 members (excludes halogenated alkanes) is 1. The standard InChI is InChI=1S/C16H38O5Si2/c1-7-17-22(18-8-2)16(6)14-12-13-15-23(19-9-3,20-10-4)21-11-5/h16,22H,7-15H2,1-6H3. The van der Waals surface area contributed by atoms with Crippen LogP contribution in [0.3, 0.4) is 0 Å². The molecule has 7 heteroatoms. The highest BCUT2D eigenvalue weighted by atomic mass is 28.4. The third-order valence-corrected chi connectivity index (χ3v) is 9.35. The normalized spacial score (nSPS) is 13.7. The lowest BCUT2D eigenvalue weighted by atomic mass is 10.2. The van der Waals surface area contributed by atoms with Gasteiger partial charge in [-0.3, -0.25) is 0 Å². The van der Waals surface area contributed by atoms with Crippen molar-refractivity contribution in [1.29, 1.82) is 0 Å². The molecule has 0 heterocycles. The van der Waals surface area contributed by atoms with E-state index in [1.165, 1.54) is 0 Å². The molecular weight excluding hydrogens is 328 g/mol. The number of hydrogen-bond donors (Lipinski definition) is 0. The Kier molecular flexibility index (Phi) is 14.7. The van der Waals surface area contributed by atoms with Crippen molar-refractivity contribution < 1.29 is 22.1 Å². The minimum atomic E-state index is -2.48. The van der Waals surface area contributed by atoms with Crippen molar-refractivity contribution >= 4 is 18.1 Å². The van der Waals surface area contributed by atoms with Crippen LogP contribution in [-0.2, 0) is 22.1 Å². The third kappa shape index (κ3) is 9.96. The molecule has 0 bridgehead atoms. The zero-order valence-electron chi connectivity index (χ0n) is 16.1. The number of hydrogen-bond acceptors (Lipinski definition) is 5. The first-order chi connectivity index (χ1) is 11.1. The van der Waals surface area contributed by atoms with Crippen molar-refractivity contribution in [2.75, 3.05) is 33.0 Å². The number of rotatable bonds is 16. The summed E-state index contributed by atoms with van der Waals surface area (Å²) in [6, 6.07) is 0.894. The average Bonchev–Trinajstić information content (AvgIpc) is 2.52. The molecule has 0 aliphatic carbocycles. The van der Waals surface area contributed by atoms with Crippen LogP contribution in [0.2, 0.25) is 11.6 Å². The first kappa shape index (κ1) is 23.2. The van der Waals surface area contributed by atoms with E-state index in [9.17, 15) is 0 Å². The second-order valence-electron chi connectivity index (χ2n) is 5.48. The van der Waals surface area contributed by atoms with E-state index >= 15 is 0 Å². The lowest BCUT2D eigenvalue weighted by molar-refractivity contribution is 0.0706. The molecule has 140 valence electrons. The van der Waals surface area contributed by atoms with Crippen LogP contribution in [0.5, 0.6) is 0 Å². The average molecular weight is 367 g/mol. The van der Waals surface area contributed by atoms with E-state index in [-0.39, 0.29) is 0 Å². The summed E-state index contributed by atoms with van der Waals surface area (Å²) in [5, 5.41) is 0. The Bertz CT molecular complexity index is 246. The highest BCUT2D eigenvalue weighted by Gasteiger charge is 2.39. The lowest BCUT2D eigenvalue weighted by Crippen LogP contribution is -2.45. The summed E-state index contributed by atoms with van der Waals surface area (Å²) in [6.45, 7) is 15.8. The Labute approximate surface area is 146 Å². The lowest BCUT2D eigenvalue weighted by Gasteiger charge is -2.28. The molecule has 0 spiro atoms. The van der Waals surface area contributed by atoms with Crippen molar-refractivity contribution in [3.63, 3.8) is 0 Å². The summed E-state index contributed by atoms with van der Waals surface area (Å²) in [4.78, 5) is 0. The molecule has 0 fully saturated rings. The Balaban J connectivity index is 4.30. The molecule has 0 aliphatic rings. The van der Waals surface area contributed by atoms with Crippen LogP contribution in [0.4, 0.5) is 0 Å². The topological polar surface area (TPSA) is 46.2 Å². The summed E-state index contributed by atoms with van der Waals surface area (Å²) < 4.78 is 29.3. The largest absolute Gasteiger partial charge is 0.500 e. The van der Waals surface area contributed by atoms with Crippen LogP contribution in [0.1, 0.15) is 60.8 Å². The molecule has 0 radical (unpaired) electrons. The maximum atomic E-state index is 5.90. The van der Waals surface area contributed by atoms with Crippen LogP contribution < -0.4 is 0 Å². The van der Waals surface area contributed by atoms with Gasteiger partial charge < -0.3 is 22.1 Å². The second kappa shape index (κ2) is 14.6. The van der Waals surface area contributed by atoms with Crippen LogP contribution in [-0.4, -0.2) is 51.1 Å². The van der Waals surface area contributed by atoms with Gasteiger partial charge in [-0.25, -0.2) is 0 Å². The smallest absolute Gasteiger partial charge is 0.397 e. The summed E-state index contributed by atoms with van der Waals surface area (Å²) in [6.07, 6.45) is 3.33. The van der Waals surface area contributed by atoms with Crippen molar-refractivity contribution in [1.82, 2.24) is 0 Å². The van der Waals surface area contributed by atoms with E-state index in [0.717, 1.165) is 38.5 Å². The fourth-order valence-electron chi connectivity index (χ4n) is 2.65. The zero-order chi connectivity index (χ0) is 17.6. The van der Waals surface area contributed by atoms with E-state index in [0.29, 0.717) is 25.4 Å². The van der Waals surface area contributed by atoms with E-state index < -0.39 is 18.1 Å². The van der Waals surface area contributed by atoms with E-state index in [1.54, 1.807) is 0 Å². The van der Waals surface area contributed by atoms with Crippen molar-refractivity contribution in [2.24, 2.45) is 0 Å². The highest BCUT2D eigenvalue weighted by Crippen LogP contribution is 2.24. The molecule has 0 saturated heterocycles. The fourth-order valence-corrected chi connectivity index (χ4v) is 7.25. The molecule has 0 aliphatic heterocycles. The van der Waals surface area contributed by atoms with Gasteiger partial charge >= 0.3 is 18.1 Å². The highest BCUT2D eigenvalue weighted by molar-refractivity contribution is 6.60. The monoisotopic (exact) mass is 366 g/mol. The van der Waals surface area contributed by atoms with Gasteiger partial charge in [0, 0.05) is 39.1 Å². The molecule has 0 aromatic carbocycles. The first-order valence-corrected chi connectivity index (χ1v) is 12.8. The van der Waals surface area contributed by atoms with Crippen LogP contribution in [0.15, 0.2) is 0 Å². The first-order valence-electron chi connectivity index (χ1n) is 9.24. The predicted octanol–water partition coefficient (Wildman–Crippen LogP) is 3.89. The molecule has 0 N–H and O–H groups in total. The molecule has 0 amide bonds. The Morgan fingerprint density at radius 1 is 0.739 bits per heavy atom. The Hall–Kier alpha value is 0.234. The van der Waals surface area contributed by atoms with Gasteiger partial charge in [0.1, 0.15) is 0 Å². The van der Waals surface area contributed by atoms with Gasteiger partial charge in [0.15, 0.2) is 0 Å².